The Morgan fingerprint density at radius 2 is 1.88 bits per heavy atom. The summed E-state index contributed by atoms with van der Waals surface area (Å²) in [6.07, 6.45) is 0.925. The molecular weight excluding hydrogens is 318 g/mol. The Kier molecular flexibility index (Phi) is 4.79. The van der Waals surface area contributed by atoms with Gasteiger partial charge >= 0.3 is 0 Å². The number of piperazine rings is 2. The molecule has 0 radical (unpaired) electrons. The maximum absolute atomic E-state index is 12.7. The summed E-state index contributed by atoms with van der Waals surface area (Å²) in [7, 11) is 0. The topological polar surface area (TPSA) is 69.7 Å². The van der Waals surface area contributed by atoms with Gasteiger partial charge in [0.15, 0.2) is 0 Å². The molecule has 1 aromatic carbocycles. The first-order valence-electron chi connectivity index (χ1n) is 8.91. The van der Waals surface area contributed by atoms with Crippen molar-refractivity contribution in [3.63, 3.8) is 0 Å². The van der Waals surface area contributed by atoms with E-state index < -0.39 is 12.1 Å². The Balaban J connectivity index is 1.73. The number of carbonyl (C=O) groups is 3. The van der Waals surface area contributed by atoms with Gasteiger partial charge in [-0.1, -0.05) is 32.9 Å². The average Bonchev–Trinajstić information content (AvgIpc) is 2.63. The van der Waals surface area contributed by atoms with Crippen molar-refractivity contribution in [3.05, 3.63) is 35.4 Å². The second-order valence-corrected chi connectivity index (χ2v) is 7.08. The lowest BCUT2D eigenvalue weighted by molar-refractivity contribution is -0.153. The average molecular weight is 343 g/mol. The molecule has 2 aliphatic rings. The first-order chi connectivity index (χ1) is 11.9. The quantitative estimate of drug-likeness (QED) is 0.892. The fraction of sp³-hybridized carbons (Fsp3) is 0.526. The lowest BCUT2D eigenvalue weighted by atomic mass is 9.96. The largest absolute Gasteiger partial charge is 0.342 e. The van der Waals surface area contributed by atoms with Gasteiger partial charge in [0.05, 0.1) is 6.54 Å². The highest BCUT2D eigenvalue weighted by Crippen LogP contribution is 2.21. The van der Waals surface area contributed by atoms with Crippen molar-refractivity contribution in [2.45, 2.75) is 39.3 Å². The summed E-state index contributed by atoms with van der Waals surface area (Å²) in [5.41, 5.74) is 1.80. The number of nitrogens with zero attached hydrogens (tertiary/aromatic N) is 2. The van der Waals surface area contributed by atoms with Crippen LogP contribution in [0.15, 0.2) is 24.3 Å². The molecule has 134 valence electrons. The van der Waals surface area contributed by atoms with Crippen molar-refractivity contribution < 1.29 is 14.4 Å². The van der Waals surface area contributed by atoms with Crippen LogP contribution in [0.4, 0.5) is 0 Å². The van der Waals surface area contributed by atoms with Crippen molar-refractivity contribution in [1.29, 1.82) is 0 Å². The van der Waals surface area contributed by atoms with Gasteiger partial charge in [-0.05, 0) is 30.0 Å². The molecule has 6 nitrogen and oxygen atoms in total. The van der Waals surface area contributed by atoms with Gasteiger partial charge in [-0.15, -0.1) is 0 Å². The lowest BCUT2D eigenvalue weighted by Gasteiger charge is -2.46. The molecule has 2 fully saturated rings. The minimum absolute atomic E-state index is 0.0426. The number of amides is 3. The number of rotatable bonds is 3. The Morgan fingerprint density at radius 3 is 2.48 bits per heavy atom. The van der Waals surface area contributed by atoms with E-state index in [0.717, 1.165) is 6.42 Å². The van der Waals surface area contributed by atoms with Crippen LogP contribution >= 0.6 is 0 Å². The molecule has 0 saturated carbocycles. The molecule has 2 aliphatic heterocycles. The fourth-order valence-corrected chi connectivity index (χ4v) is 3.46. The number of benzene rings is 1. The summed E-state index contributed by atoms with van der Waals surface area (Å²) >= 11 is 0. The van der Waals surface area contributed by atoms with Crippen LogP contribution in [-0.2, 0) is 16.0 Å². The zero-order valence-corrected chi connectivity index (χ0v) is 15.0. The summed E-state index contributed by atoms with van der Waals surface area (Å²) in [4.78, 5) is 41.0. The highest BCUT2D eigenvalue weighted by molar-refractivity contribution is 5.99. The molecule has 3 amide bonds. The van der Waals surface area contributed by atoms with Gasteiger partial charge in [0.25, 0.3) is 5.91 Å². The first-order valence-corrected chi connectivity index (χ1v) is 8.91. The highest BCUT2D eigenvalue weighted by atomic mass is 16.2. The van der Waals surface area contributed by atoms with Crippen molar-refractivity contribution >= 4 is 17.7 Å². The second kappa shape index (κ2) is 6.86. The van der Waals surface area contributed by atoms with Gasteiger partial charge in [-0.2, -0.15) is 0 Å². The minimum atomic E-state index is -0.588. The molecule has 1 N–H and O–H groups in total. The second-order valence-electron chi connectivity index (χ2n) is 7.08. The van der Waals surface area contributed by atoms with E-state index in [2.05, 4.69) is 12.2 Å². The Hall–Kier alpha value is -2.37. The van der Waals surface area contributed by atoms with Gasteiger partial charge in [-0.3, -0.25) is 14.4 Å². The van der Waals surface area contributed by atoms with Crippen LogP contribution in [0.5, 0.6) is 0 Å². The molecule has 0 bridgehead atoms. The summed E-state index contributed by atoms with van der Waals surface area (Å²) in [6, 6.07) is 6.51. The summed E-state index contributed by atoms with van der Waals surface area (Å²) in [5, 5.41) is 2.81. The van der Waals surface area contributed by atoms with E-state index in [0.29, 0.717) is 18.7 Å². The van der Waals surface area contributed by atoms with E-state index in [9.17, 15) is 14.4 Å². The van der Waals surface area contributed by atoms with Gasteiger partial charge in [0, 0.05) is 18.7 Å². The maximum Gasteiger partial charge on any atom is 0.253 e. The van der Waals surface area contributed by atoms with E-state index in [1.165, 1.54) is 5.56 Å². The molecule has 6 heteroatoms. The van der Waals surface area contributed by atoms with Crippen LogP contribution in [0.2, 0.25) is 0 Å². The smallest absolute Gasteiger partial charge is 0.253 e. The molecule has 0 spiro atoms. The van der Waals surface area contributed by atoms with Crippen LogP contribution < -0.4 is 5.32 Å². The Labute approximate surface area is 148 Å². The van der Waals surface area contributed by atoms with Crippen molar-refractivity contribution in [3.8, 4) is 0 Å². The molecule has 1 aromatic rings. The van der Waals surface area contributed by atoms with E-state index in [-0.39, 0.29) is 30.2 Å². The number of fused-ring (bicyclic) bond motifs is 1. The number of hydrogen-bond donors (Lipinski definition) is 1. The lowest BCUT2D eigenvalue weighted by Crippen LogP contribution is -2.70. The normalized spacial score (nSPS) is 23.5. The van der Waals surface area contributed by atoms with Gasteiger partial charge < -0.3 is 15.1 Å². The predicted octanol–water partition coefficient (Wildman–Crippen LogP) is 1.06. The summed E-state index contributed by atoms with van der Waals surface area (Å²) < 4.78 is 0. The van der Waals surface area contributed by atoms with Crippen molar-refractivity contribution in [2.75, 3.05) is 19.6 Å². The highest BCUT2D eigenvalue weighted by Gasteiger charge is 2.45. The van der Waals surface area contributed by atoms with Crippen molar-refractivity contribution in [2.24, 2.45) is 5.92 Å². The van der Waals surface area contributed by atoms with E-state index in [4.69, 9.17) is 0 Å². The summed E-state index contributed by atoms with van der Waals surface area (Å²) in [6.45, 7) is 7.01. The fourth-order valence-electron chi connectivity index (χ4n) is 3.46. The molecule has 3 rings (SSSR count). The number of hydrogen-bond acceptors (Lipinski definition) is 3. The number of carbonyl (C=O) groups excluding carboxylic acids is 3. The monoisotopic (exact) mass is 343 g/mol. The third kappa shape index (κ3) is 3.25. The van der Waals surface area contributed by atoms with E-state index in [1.807, 2.05) is 38.1 Å². The van der Waals surface area contributed by atoms with E-state index >= 15 is 0 Å². The molecule has 0 aliphatic carbocycles. The zero-order chi connectivity index (χ0) is 18.1. The van der Waals surface area contributed by atoms with Crippen LogP contribution in [0.3, 0.4) is 0 Å². The van der Waals surface area contributed by atoms with Gasteiger partial charge in [0.1, 0.15) is 12.1 Å². The standard InChI is InChI=1S/C19H25N3O3/c1-4-13-5-7-14(8-6-13)18(24)21-9-10-22-15(11-21)17(23)20-16(12(2)3)19(22)25/h5-8,12,15-16H,4,9-11H2,1-3H3,(H,20,23)/t15-,16-/m1/s1. The minimum Gasteiger partial charge on any atom is -0.342 e. The molecule has 2 saturated heterocycles. The summed E-state index contributed by atoms with van der Waals surface area (Å²) in [5.74, 6) is -0.251. The van der Waals surface area contributed by atoms with Crippen molar-refractivity contribution in [1.82, 2.24) is 15.1 Å². The SMILES string of the molecule is CCc1ccc(C(=O)N2CCN3C(=O)[C@@H](C(C)C)NC(=O)[C@H]3C2)cc1. The van der Waals surface area contributed by atoms with E-state index in [1.54, 1.807) is 9.80 Å². The molecule has 2 heterocycles. The third-order valence-electron chi connectivity index (χ3n) is 5.09. The van der Waals surface area contributed by atoms with Crippen LogP contribution in [0, 0.1) is 5.92 Å². The first kappa shape index (κ1) is 17.5. The molecule has 25 heavy (non-hydrogen) atoms. The number of aryl methyl sites for hydroxylation is 1. The van der Waals surface area contributed by atoms with Crippen LogP contribution in [0.25, 0.3) is 0 Å². The maximum atomic E-state index is 12.7. The Bertz CT molecular complexity index is 684. The number of nitrogens with one attached hydrogen (secondary N) is 1. The zero-order valence-electron chi connectivity index (χ0n) is 15.0. The van der Waals surface area contributed by atoms with Gasteiger partial charge in [-0.25, -0.2) is 0 Å². The molecule has 2 atom stereocenters. The Morgan fingerprint density at radius 1 is 1.20 bits per heavy atom. The third-order valence-corrected chi connectivity index (χ3v) is 5.09. The predicted molar refractivity (Wildman–Crippen MR) is 94.0 cm³/mol. The van der Waals surface area contributed by atoms with Gasteiger partial charge in [0.2, 0.25) is 11.8 Å². The molecule has 0 unspecified atom stereocenters. The van der Waals surface area contributed by atoms with Crippen LogP contribution in [0.1, 0.15) is 36.7 Å². The molecular formula is C19H25N3O3. The van der Waals surface area contributed by atoms with Crippen LogP contribution in [-0.4, -0.2) is 59.2 Å². The molecule has 0 aromatic heterocycles.